The standard InChI is InChI=1S/C21H21N3O2S/c1-24-20(15-8-10-18(26-2)11-9-15)22-23-21(24)27-13-19(25)17-7-6-14-4-3-5-16(14)12-17/h6-12H,3-5,13H2,1-2H3. The van der Waals surface area contributed by atoms with Crippen LogP contribution in [0.1, 0.15) is 27.9 Å². The zero-order valence-corrected chi connectivity index (χ0v) is 16.3. The normalized spacial score (nSPS) is 12.8. The quantitative estimate of drug-likeness (QED) is 0.479. The molecule has 0 radical (unpaired) electrons. The molecule has 0 amide bonds. The van der Waals surface area contributed by atoms with Gasteiger partial charge in [0.25, 0.3) is 0 Å². The van der Waals surface area contributed by atoms with Crippen LogP contribution in [0.15, 0.2) is 47.6 Å². The molecule has 0 N–H and O–H groups in total. The minimum absolute atomic E-state index is 0.128. The topological polar surface area (TPSA) is 57.0 Å². The summed E-state index contributed by atoms with van der Waals surface area (Å²) < 4.78 is 7.11. The van der Waals surface area contributed by atoms with Gasteiger partial charge in [-0.3, -0.25) is 4.79 Å². The summed E-state index contributed by atoms with van der Waals surface area (Å²) in [6, 6.07) is 13.8. The maximum atomic E-state index is 12.6. The Morgan fingerprint density at radius 1 is 1.11 bits per heavy atom. The molecule has 0 bridgehead atoms. The SMILES string of the molecule is COc1ccc(-c2nnc(SCC(=O)c3ccc4c(c3)CCC4)n2C)cc1. The Labute approximate surface area is 162 Å². The number of methoxy groups -OCH3 is 1. The van der Waals surface area contributed by atoms with E-state index in [1.165, 1.54) is 29.3 Å². The highest BCUT2D eigenvalue weighted by molar-refractivity contribution is 7.99. The number of thioether (sulfide) groups is 1. The van der Waals surface area contributed by atoms with E-state index in [-0.39, 0.29) is 5.78 Å². The van der Waals surface area contributed by atoms with Gasteiger partial charge in [0.15, 0.2) is 16.8 Å². The second-order valence-corrected chi connectivity index (χ2v) is 7.59. The Morgan fingerprint density at radius 3 is 2.67 bits per heavy atom. The third-order valence-electron chi connectivity index (χ3n) is 4.94. The molecule has 0 saturated carbocycles. The number of carbonyl (C=O) groups is 1. The number of nitrogens with zero attached hydrogens (tertiary/aromatic N) is 3. The lowest BCUT2D eigenvalue weighted by Gasteiger charge is -2.06. The van der Waals surface area contributed by atoms with Gasteiger partial charge in [0, 0.05) is 18.2 Å². The van der Waals surface area contributed by atoms with Gasteiger partial charge in [-0.1, -0.05) is 23.9 Å². The number of hydrogen-bond donors (Lipinski definition) is 0. The number of Topliss-reactive ketones (excluding diaryl/α,β-unsaturated/α-hetero) is 1. The second-order valence-electron chi connectivity index (χ2n) is 6.64. The van der Waals surface area contributed by atoms with Crippen LogP contribution in [0, 0.1) is 0 Å². The van der Waals surface area contributed by atoms with Crippen LogP contribution in [0.5, 0.6) is 5.75 Å². The molecule has 138 valence electrons. The van der Waals surface area contributed by atoms with Crippen LogP contribution in [0.25, 0.3) is 11.4 Å². The molecular weight excluding hydrogens is 358 g/mol. The number of aryl methyl sites for hydroxylation is 2. The second kappa shape index (κ2) is 7.56. The van der Waals surface area contributed by atoms with Crippen LogP contribution in [0.3, 0.4) is 0 Å². The van der Waals surface area contributed by atoms with E-state index in [0.29, 0.717) is 5.75 Å². The molecular formula is C21H21N3O2S. The number of hydrogen-bond acceptors (Lipinski definition) is 5. The molecule has 1 aliphatic carbocycles. The largest absolute Gasteiger partial charge is 0.497 e. The fourth-order valence-electron chi connectivity index (χ4n) is 3.39. The number of carbonyl (C=O) groups excluding carboxylic acids is 1. The number of benzene rings is 2. The molecule has 0 atom stereocenters. The van der Waals surface area contributed by atoms with Gasteiger partial charge in [-0.15, -0.1) is 10.2 Å². The highest BCUT2D eigenvalue weighted by Gasteiger charge is 2.16. The van der Waals surface area contributed by atoms with Crippen LogP contribution in [0.2, 0.25) is 0 Å². The van der Waals surface area contributed by atoms with Crippen LogP contribution < -0.4 is 4.74 Å². The van der Waals surface area contributed by atoms with Crippen molar-refractivity contribution in [3.63, 3.8) is 0 Å². The molecule has 27 heavy (non-hydrogen) atoms. The Morgan fingerprint density at radius 2 is 1.89 bits per heavy atom. The molecule has 2 aromatic carbocycles. The smallest absolute Gasteiger partial charge is 0.191 e. The van der Waals surface area contributed by atoms with Crippen molar-refractivity contribution < 1.29 is 9.53 Å². The third kappa shape index (κ3) is 3.62. The molecule has 5 nitrogen and oxygen atoms in total. The van der Waals surface area contributed by atoms with Crippen LogP contribution in [0.4, 0.5) is 0 Å². The average Bonchev–Trinajstić information content (AvgIpc) is 3.32. The van der Waals surface area contributed by atoms with Crippen molar-refractivity contribution in [1.29, 1.82) is 0 Å². The van der Waals surface area contributed by atoms with Gasteiger partial charge in [-0.2, -0.15) is 0 Å². The lowest BCUT2D eigenvalue weighted by atomic mass is 10.0. The summed E-state index contributed by atoms with van der Waals surface area (Å²) in [6.07, 6.45) is 3.40. The summed E-state index contributed by atoms with van der Waals surface area (Å²) in [4.78, 5) is 12.6. The van der Waals surface area contributed by atoms with Crippen molar-refractivity contribution in [3.8, 4) is 17.1 Å². The summed E-state index contributed by atoms with van der Waals surface area (Å²) in [6.45, 7) is 0. The molecule has 0 fully saturated rings. The summed E-state index contributed by atoms with van der Waals surface area (Å²) in [5.74, 6) is 2.05. The summed E-state index contributed by atoms with van der Waals surface area (Å²) in [5, 5.41) is 9.26. The number of ether oxygens (including phenoxy) is 1. The van der Waals surface area contributed by atoms with Gasteiger partial charge >= 0.3 is 0 Å². The van der Waals surface area contributed by atoms with Crippen molar-refractivity contribution in [2.24, 2.45) is 7.05 Å². The summed E-state index contributed by atoms with van der Waals surface area (Å²) >= 11 is 1.42. The van der Waals surface area contributed by atoms with Gasteiger partial charge in [0.05, 0.1) is 12.9 Å². The maximum absolute atomic E-state index is 12.6. The van der Waals surface area contributed by atoms with Crippen molar-refractivity contribution in [2.45, 2.75) is 24.4 Å². The molecule has 1 aliphatic rings. The summed E-state index contributed by atoms with van der Waals surface area (Å²) in [5.41, 5.74) is 4.46. The molecule has 1 aromatic heterocycles. The Kier molecular flexibility index (Phi) is 4.99. The molecule has 0 spiro atoms. The number of aromatic nitrogens is 3. The first-order valence-electron chi connectivity index (χ1n) is 8.97. The first-order chi connectivity index (χ1) is 13.2. The van der Waals surface area contributed by atoms with E-state index < -0.39 is 0 Å². The van der Waals surface area contributed by atoms with E-state index >= 15 is 0 Å². The van der Waals surface area contributed by atoms with Gasteiger partial charge in [0.1, 0.15) is 5.75 Å². The third-order valence-corrected chi connectivity index (χ3v) is 5.96. The van der Waals surface area contributed by atoms with E-state index in [1.54, 1.807) is 7.11 Å². The molecule has 0 saturated heterocycles. The Hall–Kier alpha value is -2.60. The van der Waals surface area contributed by atoms with Gasteiger partial charge < -0.3 is 9.30 Å². The van der Waals surface area contributed by atoms with E-state index in [4.69, 9.17) is 4.74 Å². The summed E-state index contributed by atoms with van der Waals surface area (Å²) in [7, 11) is 3.56. The van der Waals surface area contributed by atoms with Gasteiger partial charge in [-0.05, 0) is 60.7 Å². The van der Waals surface area contributed by atoms with E-state index in [1.807, 2.05) is 41.9 Å². The highest BCUT2D eigenvalue weighted by Crippen LogP contribution is 2.26. The fraction of sp³-hybridized carbons (Fsp3) is 0.286. The van der Waals surface area contributed by atoms with Gasteiger partial charge in [-0.25, -0.2) is 0 Å². The molecule has 1 heterocycles. The number of ketones is 1. The Balaban J connectivity index is 1.45. The minimum atomic E-state index is 0.128. The first-order valence-corrected chi connectivity index (χ1v) is 9.96. The van der Waals surface area contributed by atoms with Crippen LogP contribution in [-0.2, 0) is 19.9 Å². The average molecular weight is 379 g/mol. The van der Waals surface area contributed by atoms with E-state index in [0.717, 1.165) is 40.7 Å². The molecule has 0 aliphatic heterocycles. The lowest BCUT2D eigenvalue weighted by molar-refractivity contribution is 0.102. The predicted octanol–water partition coefficient (Wildman–Crippen LogP) is 3.95. The monoisotopic (exact) mass is 379 g/mol. The first kappa shape index (κ1) is 17.8. The van der Waals surface area contributed by atoms with Crippen LogP contribution >= 0.6 is 11.8 Å². The number of fused-ring (bicyclic) bond motifs is 1. The van der Waals surface area contributed by atoms with Crippen molar-refractivity contribution in [2.75, 3.05) is 12.9 Å². The predicted molar refractivity (Wildman–Crippen MR) is 107 cm³/mol. The maximum Gasteiger partial charge on any atom is 0.191 e. The van der Waals surface area contributed by atoms with Crippen molar-refractivity contribution >= 4 is 17.5 Å². The zero-order valence-electron chi connectivity index (χ0n) is 15.4. The molecule has 6 heteroatoms. The fourth-order valence-corrected chi connectivity index (χ4v) is 4.20. The Bertz CT molecular complexity index is 980. The van der Waals surface area contributed by atoms with E-state index in [9.17, 15) is 4.79 Å². The van der Waals surface area contributed by atoms with Crippen molar-refractivity contribution in [1.82, 2.24) is 14.8 Å². The minimum Gasteiger partial charge on any atom is -0.497 e. The lowest BCUT2D eigenvalue weighted by Crippen LogP contribution is -2.05. The van der Waals surface area contributed by atoms with Crippen LogP contribution in [-0.4, -0.2) is 33.4 Å². The molecule has 4 rings (SSSR count). The zero-order chi connectivity index (χ0) is 18.8. The highest BCUT2D eigenvalue weighted by atomic mass is 32.2. The molecule has 0 unspecified atom stereocenters. The number of rotatable bonds is 6. The van der Waals surface area contributed by atoms with E-state index in [2.05, 4.69) is 22.3 Å². The van der Waals surface area contributed by atoms with Gasteiger partial charge in [0.2, 0.25) is 0 Å². The van der Waals surface area contributed by atoms with Crippen molar-refractivity contribution in [3.05, 3.63) is 59.2 Å². The molecule has 3 aromatic rings.